The zero-order valence-corrected chi connectivity index (χ0v) is 7.16. The molecule has 5 nitrogen and oxygen atoms in total. The van der Waals surface area contributed by atoms with Crippen LogP contribution in [0.1, 0.15) is 12.8 Å². The Labute approximate surface area is 70.6 Å². The Hall–Kier alpha value is -1.26. The number of esters is 1. The molecule has 0 aliphatic carbocycles. The summed E-state index contributed by atoms with van der Waals surface area (Å²) in [5.41, 5.74) is 0. The van der Waals surface area contributed by atoms with Crippen molar-refractivity contribution in [1.82, 2.24) is 0 Å². The van der Waals surface area contributed by atoms with Gasteiger partial charge < -0.3 is 14.2 Å². The first-order valence-electron chi connectivity index (χ1n) is 3.48. The van der Waals surface area contributed by atoms with Crippen LogP contribution in [0.4, 0.5) is 4.79 Å². The number of methoxy groups -OCH3 is 2. The van der Waals surface area contributed by atoms with Crippen molar-refractivity contribution in [2.45, 2.75) is 12.8 Å². The van der Waals surface area contributed by atoms with Gasteiger partial charge in [-0.1, -0.05) is 0 Å². The molecule has 0 bridgehead atoms. The zero-order chi connectivity index (χ0) is 9.40. The van der Waals surface area contributed by atoms with Crippen LogP contribution in [-0.4, -0.2) is 33.0 Å². The molecule has 0 N–H and O–H groups in total. The van der Waals surface area contributed by atoms with Gasteiger partial charge in [0, 0.05) is 6.42 Å². The van der Waals surface area contributed by atoms with Gasteiger partial charge in [-0.3, -0.25) is 4.79 Å². The predicted molar refractivity (Wildman–Crippen MR) is 39.6 cm³/mol. The molecule has 0 aromatic carbocycles. The highest BCUT2D eigenvalue weighted by molar-refractivity contribution is 5.69. The van der Waals surface area contributed by atoms with Crippen LogP contribution in [0.5, 0.6) is 0 Å². The number of hydrogen-bond acceptors (Lipinski definition) is 5. The molecule has 0 saturated heterocycles. The van der Waals surface area contributed by atoms with Crippen LogP contribution >= 0.6 is 0 Å². The van der Waals surface area contributed by atoms with Crippen LogP contribution in [0.15, 0.2) is 0 Å². The molecule has 0 amide bonds. The summed E-state index contributed by atoms with van der Waals surface area (Å²) < 4.78 is 13.1. The van der Waals surface area contributed by atoms with Gasteiger partial charge in [-0.2, -0.15) is 0 Å². The van der Waals surface area contributed by atoms with E-state index in [2.05, 4.69) is 14.2 Å². The van der Waals surface area contributed by atoms with Crippen LogP contribution in [0.25, 0.3) is 0 Å². The fourth-order valence-electron chi connectivity index (χ4n) is 0.533. The SMILES string of the molecule is COC(=O)CCCOC(=O)OC. The van der Waals surface area contributed by atoms with Crippen molar-refractivity contribution in [3.63, 3.8) is 0 Å². The second-order valence-electron chi connectivity index (χ2n) is 1.98. The maximum atomic E-state index is 10.5. The molecule has 0 saturated carbocycles. The lowest BCUT2D eigenvalue weighted by Crippen LogP contribution is -2.07. The molecule has 5 heteroatoms. The fourth-order valence-corrected chi connectivity index (χ4v) is 0.533. The normalized spacial score (nSPS) is 8.83. The number of rotatable bonds is 4. The highest BCUT2D eigenvalue weighted by Crippen LogP contribution is 1.93. The monoisotopic (exact) mass is 176 g/mol. The van der Waals surface area contributed by atoms with E-state index in [-0.39, 0.29) is 19.0 Å². The minimum atomic E-state index is -0.736. The number of hydrogen-bond donors (Lipinski definition) is 0. The van der Waals surface area contributed by atoms with E-state index in [9.17, 15) is 9.59 Å². The Morgan fingerprint density at radius 3 is 2.33 bits per heavy atom. The van der Waals surface area contributed by atoms with E-state index in [0.717, 1.165) is 0 Å². The van der Waals surface area contributed by atoms with Gasteiger partial charge in [0.05, 0.1) is 20.8 Å². The molecular weight excluding hydrogens is 164 g/mol. The van der Waals surface area contributed by atoms with Crippen molar-refractivity contribution >= 4 is 12.1 Å². The van der Waals surface area contributed by atoms with E-state index in [1.54, 1.807) is 0 Å². The molecule has 0 spiro atoms. The lowest BCUT2D eigenvalue weighted by atomic mass is 10.3. The Kier molecular flexibility index (Phi) is 5.77. The number of carbonyl (C=O) groups is 2. The molecule has 0 aliphatic heterocycles. The van der Waals surface area contributed by atoms with Crippen molar-refractivity contribution < 1.29 is 23.8 Å². The van der Waals surface area contributed by atoms with Crippen LogP contribution < -0.4 is 0 Å². The van der Waals surface area contributed by atoms with E-state index in [4.69, 9.17) is 0 Å². The summed E-state index contributed by atoms with van der Waals surface area (Å²) in [5, 5.41) is 0. The van der Waals surface area contributed by atoms with Gasteiger partial charge in [0.2, 0.25) is 0 Å². The molecular formula is C7H12O5. The van der Waals surface area contributed by atoms with E-state index >= 15 is 0 Å². The van der Waals surface area contributed by atoms with Gasteiger partial charge in [-0.05, 0) is 6.42 Å². The zero-order valence-electron chi connectivity index (χ0n) is 7.16. The van der Waals surface area contributed by atoms with Crippen LogP contribution in [0.2, 0.25) is 0 Å². The summed E-state index contributed by atoms with van der Waals surface area (Å²) in [6.07, 6.45) is -0.0465. The Morgan fingerprint density at radius 2 is 1.83 bits per heavy atom. The lowest BCUT2D eigenvalue weighted by molar-refractivity contribution is -0.140. The van der Waals surface area contributed by atoms with Gasteiger partial charge in [-0.25, -0.2) is 4.79 Å². The topological polar surface area (TPSA) is 61.8 Å². The first-order valence-corrected chi connectivity index (χ1v) is 3.48. The Balaban J connectivity index is 3.21. The molecule has 0 aromatic rings. The molecule has 70 valence electrons. The maximum absolute atomic E-state index is 10.5. The molecule has 0 rings (SSSR count). The number of carbonyl (C=O) groups excluding carboxylic acids is 2. The van der Waals surface area contributed by atoms with E-state index in [1.807, 2.05) is 0 Å². The molecule has 0 fully saturated rings. The first kappa shape index (κ1) is 10.7. The minimum Gasteiger partial charge on any atom is -0.469 e. The molecule has 0 aliphatic rings. The van der Waals surface area contributed by atoms with E-state index in [0.29, 0.717) is 6.42 Å². The molecule has 0 radical (unpaired) electrons. The van der Waals surface area contributed by atoms with Crippen molar-refractivity contribution in [1.29, 1.82) is 0 Å². The maximum Gasteiger partial charge on any atom is 0.507 e. The van der Waals surface area contributed by atoms with Crippen LogP contribution in [-0.2, 0) is 19.0 Å². The second-order valence-corrected chi connectivity index (χ2v) is 1.98. The summed E-state index contributed by atoms with van der Waals surface area (Å²) in [4.78, 5) is 20.9. The van der Waals surface area contributed by atoms with Gasteiger partial charge in [0.1, 0.15) is 0 Å². The molecule has 0 unspecified atom stereocenters. The predicted octanol–water partition coefficient (Wildman–Crippen LogP) is 0.723. The quantitative estimate of drug-likeness (QED) is 0.466. The average Bonchev–Trinajstić information content (AvgIpc) is 2.11. The highest BCUT2D eigenvalue weighted by Gasteiger charge is 2.02. The third-order valence-electron chi connectivity index (χ3n) is 1.14. The summed E-state index contributed by atoms with van der Waals surface area (Å²) in [6, 6.07) is 0. The highest BCUT2D eigenvalue weighted by atomic mass is 16.7. The van der Waals surface area contributed by atoms with Crippen LogP contribution in [0, 0.1) is 0 Å². The molecule has 0 heterocycles. The van der Waals surface area contributed by atoms with Crippen molar-refractivity contribution in [2.75, 3.05) is 20.8 Å². The minimum absolute atomic E-state index is 0.168. The fraction of sp³-hybridized carbons (Fsp3) is 0.714. The Bertz CT molecular complexity index is 136. The summed E-state index contributed by atoms with van der Waals surface area (Å²) in [7, 11) is 2.53. The first-order chi connectivity index (χ1) is 5.70. The summed E-state index contributed by atoms with van der Waals surface area (Å²) in [5.74, 6) is -0.316. The molecule has 0 aromatic heterocycles. The van der Waals surface area contributed by atoms with Crippen molar-refractivity contribution in [3.05, 3.63) is 0 Å². The van der Waals surface area contributed by atoms with Gasteiger partial charge in [0.25, 0.3) is 0 Å². The van der Waals surface area contributed by atoms with Crippen molar-refractivity contribution in [2.24, 2.45) is 0 Å². The van der Waals surface area contributed by atoms with E-state index < -0.39 is 6.16 Å². The lowest BCUT2D eigenvalue weighted by Gasteiger charge is -2.01. The Morgan fingerprint density at radius 1 is 1.17 bits per heavy atom. The summed E-state index contributed by atoms with van der Waals surface area (Å²) in [6.45, 7) is 0.168. The second kappa shape index (κ2) is 6.45. The molecule has 0 atom stereocenters. The van der Waals surface area contributed by atoms with Gasteiger partial charge >= 0.3 is 12.1 Å². The average molecular weight is 176 g/mol. The van der Waals surface area contributed by atoms with Gasteiger partial charge in [0.15, 0.2) is 0 Å². The largest absolute Gasteiger partial charge is 0.507 e. The van der Waals surface area contributed by atoms with Gasteiger partial charge in [-0.15, -0.1) is 0 Å². The van der Waals surface area contributed by atoms with Crippen LogP contribution in [0.3, 0.4) is 0 Å². The number of ether oxygens (including phenoxy) is 3. The smallest absolute Gasteiger partial charge is 0.469 e. The van der Waals surface area contributed by atoms with Crippen molar-refractivity contribution in [3.8, 4) is 0 Å². The summed E-state index contributed by atoms with van der Waals surface area (Å²) >= 11 is 0. The molecule has 12 heavy (non-hydrogen) atoms. The third kappa shape index (κ3) is 5.52. The third-order valence-corrected chi connectivity index (χ3v) is 1.14. The van der Waals surface area contributed by atoms with E-state index in [1.165, 1.54) is 14.2 Å². The standard InChI is InChI=1S/C7H12O5/c1-10-6(8)4-3-5-12-7(9)11-2/h3-5H2,1-2H3.